The molecule has 24 heavy (non-hydrogen) atoms. The molecule has 2 N–H and O–H groups in total. The summed E-state index contributed by atoms with van der Waals surface area (Å²) in [6, 6.07) is 8.06. The van der Waals surface area contributed by atoms with E-state index in [2.05, 4.69) is 15.8 Å². The van der Waals surface area contributed by atoms with E-state index in [4.69, 9.17) is 23.2 Å². The van der Waals surface area contributed by atoms with E-state index >= 15 is 0 Å². The van der Waals surface area contributed by atoms with Crippen molar-refractivity contribution >= 4 is 46.5 Å². The lowest BCUT2D eigenvalue weighted by Crippen LogP contribution is -2.41. The third-order valence-corrected chi connectivity index (χ3v) is 4.07. The molecule has 1 atom stereocenters. The molecule has 8 heteroatoms. The summed E-state index contributed by atoms with van der Waals surface area (Å²) in [4.78, 5) is 29.9. The van der Waals surface area contributed by atoms with Crippen molar-refractivity contribution in [1.82, 2.24) is 10.4 Å². The number of carbonyl (C=O) groups is 2. The zero-order valence-corrected chi connectivity index (χ0v) is 14.2. The number of carbonyl (C=O) groups excluding carboxylic acids is 2. The van der Waals surface area contributed by atoms with Crippen LogP contribution >= 0.6 is 23.2 Å². The van der Waals surface area contributed by atoms with Gasteiger partial charge in [0.2, 0.25) is 5.91 Å². The topological polar surface area (TPSA) is 74.3 Å². The second-order valence-electron chi connectivity index (χ2n) is 5.42. The van der Waals surface area contributed by atoms with E-state index in [1.807, 2.05) is 19.1 Å². The van der Waals surface area contributed by atoms with Crippen molar-refractivity contribution in [2.24, 2.45) is 0 Å². The number of imide groups is 1. The molecule has 0 spiro atoms. The van der Waals surface area contributed by atoms with Crippen LogP contribution in [0.4, 0.5) is 11.5 Å². The summed E-state index contributed by atoms with van der Waals surface area (Å²) in [5.74, 6) is -0.265. The zero-order chi connectivity index (χ0) is 17.3. The van der Waals surface area contributed by atoms with Gasteiger partial charge in [-0.3, -0.25) is 9.59 Å². The van der Waals surface area contributed by atoms with Gasteiger partial charge >= 0.3 is 0 Å². The SMILES string of the molecule is Cc1cccc(N2C(=O)C[C@@H](NNc3ncc(Cl)cc3Cl)C2=O)c1. The van der Waals surface area contributed by atoms with E-state index in [0.717, 1.165) is 5.56 Å². The smallest absolute Gasteiger partial charge is 0.253 e. The predicted molar refractivity (Wildman–Crippen MR) is 93.1 cm³/mol. The highest BCUT2D eigenvalue weighted by Gasteiger charge is 2.39. The Morgan fingerprint density at radius 1 is 1.25 bits per heavy atom. The number of nitrogens with zero attached hydrogens (tertiary/aromatic N) is 2. The predicted octanol–water partition coefficient (Wildman–Crippen LogP) is 2.95. The number of hydrazine groups is 1. The molecule has 1 aliphatic heterocycles. The Bertz CT molecular complexity index is 812. The number of aromatic nitrogens is 1. The molecule has 1 aromatic carbocycles. The highest BCUT2D eigenvalue weighted by Crippen LogP contribution is 2.25. The van der Waals surface area contributed by atoms with E-state index in [0.29, 0.717) is 21.6 Å². The fraction of sp³-hybridized carbons (Fsp3) is 0.188. The van der Waals surface area contributed by atoms with E-state index in [1.54, 1.807) is 12.1 Å². The lowest BCUT2D eigenvalue weighted by molar-refractivity contribution is -0.121. The van der Waals surface area contributed by atoms with Crippen LogP contribution in [-0.2, 0) is 9.59 Å². The molecule has 0 saturated carbocycles. The second-order valence-corrected chi connectivity index (χ2v) is 6.26. The molecule has 0 radical (unpaired) electrons. The number of halogens is 2. The quantitative estimate of drug-likeness (QED) is 0.644. The van der Waals surface area contributed by atoms with Crippen LogP contribution in [0, 0.1) is 6.92 Å². The van der Waals surface area contributed by atoms with Crippen molar-refractivity contribution < 1.29 is 9.59 Å². The zero-order valence-electron chi connectivity index (χ0n) is 12.7. The fourth-order valence-electron chi connectivity index (χ4n) is 2.45. The minimum atomic E-state index is -0.702. The van der Waals surface area contributed by atoms with Gasteiger partial charge in [-0.1, -0.05) is 35.3 Å². The van der Waals surface area contributed by atoms with Crippen molar-refractivity contribution in [2.45, 2.75) is 19.4 Å². The van der Waals surface area contributed by atoms with E-state index in [9.17, 15) is 9.59 Å². The average molecular weight is 365 g/mol. The van der Waals surface area contributed by atoms with Crippen LogP contribution in [0.3, 0.4) is 0 Å². The van der Waals surface area contributed by atoms with Crippen LogP contribution < -0.4 is 15.8 Å². The molecule has 6 nitrogen and oxygen atoms in total. The number of rotatable bonds is 4. The molecule has 0 aliphatic carbocycles. The normalized spacial score (nSPS) is 17.5. The molecular weight excluding hydrogens is 351 g/mol. The molecule has 0 unspecified atom stereocenters. The summed E-state index contributed by atoms with van der Waals surface area (Å²) in [7, 11) is 0. The molecule has 3 rings (SSSR count). The first-order valence-corrected chi connectivity index (χ1v) is 7.97. The number of aryl methyl sites for hydroxylation is 1. The number of benzene rings is 1. The van der Waals surface area contributed by atoms with Gasteiger partial charge in [-0.15, -0.1) is 0 Å². The van der Waals surface area contributed by atoms with Crippen molar-refractivity contribution in [1.29, 1.82) is 0 Å². The third kappa shape index (κ3) is 3.36. The first-order valence-electron chi connectivity index (χ1n) is 7.22. The highest BCUT2D eigenvalue weighted by atomic mass is 35.5. The lowest BCUT2D eigenvalue weighted by Gasteiger charge is -2.16. The molecule has 124 valence electrons. The first-order chi connectivity index (χ1) is 11.5. The van der Waals surface area contributed by atoms with Gasteiger partial charge in [0.05, 0.1) is 22.2 Å². The van der Waals surface area contributed by atoms with Gasteiger partial charge in [-0.2, -0.15) is 0 Å². The van der Waals surface area contributed by atoms with Crippen molar-refractivity contribution in [3.8, 4) is 0 Å². The lowest BCUT2D eigenvalue weighted by atomic mass is 10.2. The van der Waals surface area contributed by atoms with Gasteiger partial charge in [-0.25, -0.2) is 15.3 Å². The van der Waals surface area contributed by atoms with E-state index in [1.165, 1.54) is 17.2 Å². The maximum Gasteiger partial charge on any atom is 0.253 e. The Morgan fingerprint density at radius 2 is 2.04 bits per heavy atom. The van der Waals surface area contributed by atoms with Crippen molar-refractivity contribution in [3.63, 3.8) is 0 Å². The first kappa shape index (κ1) is 16.7. The largest absolute Gasteiger partial charge is 0.304 e. The number of pyridine rings is 1. The van der Waals surface area contributed by atoms with Crippen LogP contribution in [0.15, 0.2) is 36.5 Å². The summed E-state index contributed by atoms with van der Waals surface area (Å²) in [5.41, 5.74) is 7.10. The number of anilines is 2. The van der Waals surface area contributed by atoms with Crippen LogP contribution in [0.5, 0.6) is 0 Å². The molecule has 1 saturated heterocycles. The van der Waals surface area contributed by atoms with Gasteiger partial charge in [0.25, 0.3) is 5.91 Å². The van der Waals surface area contributed by atoms with Crippen molar-refractivity contribution in [2.75, 3.05) is 10.3 Å². The maximum atomic E-state index is 12.5. The van der Waals surface area contributed by atoms with Gasteiger partial charge in [0.15, 0.2) is 5.82 Å². The summed E-state index contributed by atoms with van der Waals surface area (Å²) in [6.07, 6.45) is 1.48. The number of amides is 2. The van der Waals surface area contributed by atoms with Crippen LogP contribution in [0.2, 0.25) is 10.0 Å². The second kappa shape index (κ2) is 6.76. The molecule has 2 aromatic rings. The van der Waals surface area contributed by atoms with Crippen LogP contribution in [0.25, 0.3) is 0 Å². The van der Waals surface area contributed by atoms with E-state index in [-0.39, 0.29) is 18.2 Å². The molecule has 1 fully saturated rings. The average Bonchev–Trinajstić information content (AvgIpc) is 2.80. The summed E-state index contributed by atoms with van der Waals surface area (Å²) in [5, 5.41) is 0.714. The third-order valence-electron chi connectivity index (χ3n) is 3.58. The standard InChI is InChI=1S/C16H14Cl2N4O2/c1-9-3-2-4-11(5-9)22-14(23)7-13(16(22)24)20-21-15-12(18)6-10(17)8-19-15/h2-6,8,13,20H,7H2,1H3,(H,19,21)/t13-/m1/s1. The minimum Gasteiger partial charge on any atom is -0.304 e. The molecule has 0 bridgehead atoms. The van der Waals surface area contributed by atoms with Crippen LogP contribution in [-0.4, -0.2) is 22.8 Å². The Kier molecular flexibility index (Phi) is 4.71. The van der Waals surface area contributed by atoms with Crippen molar-refractivity contribution in [3.05, 3.63) is 52.1 Å². The molecule has 1 aliphatic rings. The number of nitrogens with one attached hydrogen (secondary N) is 2. The Balaban J connectivity index is 1.72. The van der Waals surface area contributed by atoms with Crippen LogP contribution in [0.1, 0.15) is 12.0 Å². The maximum absolute atomic E-state index is 12.5. The minimum absolute atomic E-state index is 0.0466. The van der Waals surface area contributed by atoms with Gasteiger partial charge in [0, 0.05) is 6.20 Å². The van der Waals surface area contributed by atoms with Gasteiger partial charge in [0.1, 0.15) is 6.04 Å². The van der Waals surface area contributed by atoms with E-state index < -0.39 is 6.04 Å². The summed E-state index contributed by atoms with van der Waals surface area (Å²) in [6.45, 7) is 1.90. The molecule has 1 aromatic heterocycles. The molecule has 2 amide bonds. The van der Waals surface area contributed by atoms with Gasteiger partial charge < -0.3 is 5.43 Å². The van der Waals surface area contributed by atoms with Gasteiger partial charge in [-0.05, 0) is 30.7 Å². The molecular formula is C16H14Cl2N4O2. The monoisotopic (exact) mass is 364 g/mol. The highest BCUT2D eigenvalue weighted by molar-refractivity contribution is 6.36. The Hall–Kier alpha value is -2.15. The Labute approximate surface area is 148 Å². The Morgan fingerprint density at radius 3 is 2.75 bits per heavy atom. The summed E-state index contributed by atoms with van der Waals surface area (Å²) < 4.78 is 0. The molecule has 2 heterocycles. The summed E-state index contributed by atoms with van der Waals surface area (Å²) >= 11 is 11.8. The number of hydrogen-bond donors (Lipinski definition) is 2. The number of hydrogen-bond acceptors (Lipinski definition) is 5. The fourth-order valence-corrected chi connectivity index (χ4v) is 2.87.